The Bertz CT molecular complexity index is 535. The zero-order valence-corrected chi connectivity index (χ0v) is 8.79. The van der Waals surface area contributed by atoms with E-state index >= 15 is 0 Å². The average Bonchev–Trinajstić information content (AvgIpc) is 2.67. The number of rotatable bonds is 3. The average molecular weight is 220 g/mol. The van der Waals surface area contributed by atoms with Crippen LogP contribution in [0.5, 0.6) is 0 Å². The Morgan fingerprint density at radius 1 is 1.69 bits per heavy atom. The molecule has 0 radical (unpaired) electrons. The molecule has 1 atom stereocenters. The van der Waals surface area contributed by atoms with Gasteiger partial charge < -0.3 is 10.8 Å². The lowest BCUT2D eigenvalue weighted by Crippen LogP contribution is -2.15. The van der Waals surface area contributed by atoms with Gasteiger partial charge in [-0.3, -0.25) is 4.79 Å². The van der Waals surface area contributed by atoms with E-state index in [1.165, 1.54) is 4.52 Å². The lowest BCUT2D eigenvalue weighted by Gasteiger charge is -2.04. The molecule has 0 saturated carbocycles. The molecule has 0 aromatic carbocycles. The summed E-state index contributed by atoms with van der Waals surface area (Å²) in [7, 11) is 0. The maximum atomic E-state index is 11.4. The molecule has 3 N–H and O–H groups in total. The molecule has 0 bridgehead atoms. The van der Waals surface area contributed by atoms with Crippen LogP contribution in [0.15, 0.2) is 18.5 Å². The normalized spacial score (nSPS) is 12.9. The third-order valence-electron chi connectivity index (χ3n) is 2.41. The van der Waals surface area contributed by atoms with Crippen LogP contribution in [0.1, 0.15) is 28.9 Å². The molecule has 2 heterocycles. The minimum Gasteiger partial charge on any atom is -0.396 e. The van der Waals surface area contributed by atoms with E-state index in [0.717, 1.165) is 0 Å². The molecule has 0 aliphatic carbocycles. The molecule has 2 aromatic heterocycles. The molecule has 2 rings (SSSR count). The lowest BCUT2D eigenvalue weighted by atomic mass is 10.0. The monoisotopic (exact) mass is 220 g/mol. The first-order valence-electron chi connectivity index (χ1n) is 4.89. The molecule has 1 amide bonds. The predicted molar refractivity (Wildman–Crippen MR) is 57.0 cm³/mol. The number of hydrogen-bond acceptors (Lipinski definition) is 4. The quantitative estimate of drug-likeness (QED) is 0.756. The van der Waals surface area contributed by atoms with E-state index in [4.69, 9.17) is 10.8 Å². The van der Waals surface area contributed by atoms with E-state index in [-0.39, 0.29) is 18.1 Å². The Labute approximate surface area is 91.7 Å². The van der Waals surface area contributed by atoms with Gasteiger partial charge in [0.05, 0.1) is 12.3 Å². The van der Waals surface area contributed by atoms with Crippen LogP contribution in [0.2, 0.25) is 0 Å². The minimum atomic E-state index is -0.580. The molecule has 2 aromatic rings. The fourth-order valence-corrected chi connectivity index (χ4v) is 1.57. The fraction of sp³-hybridized carbons (Fsp3) is 0.300. The van der Waals surface area contributed by atoms with Crippen LogP contribution in [0.4, 0.5) is 0 Å². The first-order valence-corrected chi connectivity index (χ1v) is 4.89. The van der Waals surface area contributed by atoms with Crippen molar-refractivity contribution in [3.05, 3.63) is 29.7 Å². The maximum Gasteiger partial charge on any atom is 0.254 e. The van der Waals surface area contributed by atoms with E-state index in [1.807, 2.05) is 0 Å². The SMILES string of the molecule is C[C@H](CO)c1nn2cccnc2c1C(N)=O. The summed E-state index contributed by atoms with van der Waals surface area (Å²) < 4.78 is 1.49. The van der Waals surface area contributed by atoms with Crippen molar-refractivity contribution < 1.29 is 9.90 Å². The van der Waals surface area contributed by atoms with Gasteiger partial charge in [0.25, 0.3) is 5.91 Å². The van der Waals surface area contributed by atoms with Gasteiger partial charge in [0.15, 0.2) is 5.65 Å². The smallest absolute Gasteiger partial charge is 0.254 e. The van der Waals surface area contributed by atoms with Crippen molar-refractivity contribution in [2.75, 3.05) is 6.61 Å². The summed E-state index contributed by atoms with van der Waals surface area (Å²) in [6, 6.07) is 1.71. The highest BCUT2D eigenvalue weighted by molar-refractivity contribution is 6.00. The van der Waals surface area contributed by atoms with Gasteiger partial charge in [0.2, 0.25) is 0 Å². The zero-order valence-electron chi connectivity index (χ0n) is 8.79. The number of carbonyl (C=O) groups is 1. The molecule has 0 aliphatic rings. The molecular weight excluding hydrogens is 208 g/mol. The second kappa shape index (κ2) is 3.90. The van der Waals surface area contributed by atoms with Gasteiger partial charge in [-0.15, -0.1) is 0 Å². The Morgan fingerprint density at radius 2 is 2.44 bits per heavy atom. The van der Waals surface area contributed by atoms with E-state index in [9.17, 15) is 4.79 Å². The number of primary amides is 1. The molecule has 0 spiro atoms. The third-order valence-corrected chi connectivity index (χ3v) is 2.41. The molecule has 0 unspecified atom stereocenters. The molecule has 6 nitrogen and oxygen atoms in total. The van der Waals surface area contributed by atoms with Crippen molar-refractivity contribution in [3.63, 3.8) is 0 Å². The van der Waals surface area contributed by atoms with Gasteiger partial charge in [0.1, 0.15) is 5.56 Å². The Balaban J connectivity index is 2.73. The van der Waals surface area contributed by atoms with Gasteiger partial charge >= 0.3 is 0 Å². The molecule has 0 saturated heterocycles. The number of hydrogen-bond donors (Lipinski definition) is 2. The number of nitrogens with two attached hydrogens (primary N) is 1. The molecule has 6 heteroatoms. The summed E-state index contributed by atoms with van der Waals surface area (Å²) in [4.78, 5) is 15.4. The summed E-state index contributed by atoms with van der Waals surface area (Å²) in [5, 5.41) is 13.3. The lowest BCUT2D eigenvalue weighted by molar-refractivity contribution is 0.1000. The van der Waals surface area contributed by atoms with Gasteiger partial charge in [-0.25, -0.2) is 9.50 Å². The van der Waals surface area contributed by atoms with Gasteiger partial charge in [-0.05, 0) is 6.07 Å². The second-order valence-electron chi connectivity index (χ2n) is 3.60. The van der Waals surface area contributed by atoms with Gasteiger partial charge in [0, 0.05) is 18.3 Å². The molecule has 0 aliphatic heterocycles. The Hall–Kier alpha value is -1.95. The van der Waals surface area contributed by atoms with Gasteiger partial charge in [-0.1, -0.05) is 6.92 Å². The summed E-state index contributed by atoms with van der Waals surface area (Å²) in [5.41, 5.74) is 6.49. The number of nitrogens with zero attached hydrogens (tertiary/aromatic N) is 3. The first kappa shape index (κ1) is 10.6. The van der Waals surface area contributed by atoms with Crippen molar-refractivity contribution in [3.8, 4) is 0 Å². The number of amides is 1. The van der Waals surface area contributed by atoms with Crippen LogP contribution in [0.3, 0.4) is 0 Å². The number of fused-ring (bicyclic) bond motifs is 1. The first-order chi connectivity index (χ1) is 7.65. The number of carbonyl (C=O) groups excluding carboxylic acids is 1. The van der Waals surface area contributed by atoms with Gasteiger partial charge in [-0.2, -0.15) is 5.10 Å². The van der Waals surface area contributed by atoms with Crippen LogP contribution in [-0.2, 0) is 0 Å². The Morgan fingerprint density at radius 3 is 3.06 bits per heavy atom. The summed E-state index contributed by atoms with van der Waals surface area (Å²) in [6.45, 7) is 1.68. The largest absolute Gasteiger partial charge is 0.396 e. The van der Waals surface area contributed by atoms with Crippen molar-refractivity contribution in [1.29, 1.82) is 0 Å². The predicted octanol–water partition coefficient (Wildman–Crippen LogP) is -0.0760. The van der Waals surface area contributed by atoms with E-state index in [2.05, 4.69) is 10.1 Å². The highest BCUT2D eigenvalue weighted by Crippen LogP contribution is 2.20. The standard InChI is InChI=1S/C10H12N4O2/c1-6(5-15)8-7(9(11)16)10-12-3-2-4-14(10)13-8/h2-4,6,15H,5H2,1H3,(H2,11,16)/t6-/m1/s1. The van der Waals surface area contributed by atoms with Crippen molar-refractivity contribution in [2.24, 2.45) is 5.73 Å². The molecule has 84 valence electrons. The highest BCUT2D eigenvalue weighted by Gasteiger charge is 2.22. The zero-order chi connectivity index (χ0) is 11.7. The minimum absolute atomic E-state index is 0.0931. The fourth-order valence-electron chi connectivity index (χ4n) is 1.57. The van der Waals surface area contributed by atoms with Crippen molar-refractivity contribution >= 4 is 11.6 Å². The third kappa shape index (κ3) is 1.53. The van der Waals surface area contributed by atoms with Crippen LogP contribution < -0.4 is 5.73 Å². The number of aliphatic hydroxyl groups excluding tert-OH is 1. The number of aliphatic hydroxyl groups is 1. The van der Waals surface area contributed by atoms with Crippen LogP contribution >= 0.6 is 0 Å². The summed E-state index contributed by atoms with van der Waals surface area (Å²) in [5.74, 6) is -0.826. The molecule has 16 heavy (non-hydrogen) atoms. The van der Waals surface area contributed by atoms with E-state index in [1.54, 1.807) is 25.4 Å². The molecular formula is C10H12N4O2. The van der Waals surface area contributed by atoms with Crippen molar-refractivity contribution in [1.82, 2.24) is 14.6 Å². The van der Waals surface area contributed by atoms with Crippen LogP contribution in [-0.4, -0.2) is 32.2 Å². The van der Waals surface area contributed by atoms with Crippen LogP contribution in [0, 0.1) is 0 Å². The second-order valence-corrected chi connectivity index (χ2v) is 3.60. The van der Waals surface area contributed by atoms with Crippen LogP contribution in [0.25, 0.3) is 5.65 Å². The summed E-state index contributed by atoms with van der Waals surface area (Å²) >= 11 is 0. The van der Waals surface area contributed by atoms with E-state index in [0.29, 0.717) is 11.3 Å². The summed E-state index contributed by atoms with van der Waals surface area (Å²) in [6.07, 6.45) is 3.25. The van der Waals surface area contributed by atoms with E-state index < -0.39 is 5.91 Å². The number of aromatic nitrogens is 3. The topological polar surface area (TPSA) is 93.5 Å². The Kier molecular flexibility index (Phi) is 2.57. The highest BCUT2D eigenvalue weighted by atomic mass is 16.3. The maximum absolute atomic E-state index is 11.4. The van der Waals surface area contributed by atoms with Crippen molar-refractivity contribution in [2.45, 2.75) is 12.8 Å². The molecule has 0 fully saturated rings.